The first kappa shape index (κ1) is 15.7. The first-order chi connectivity index (χ1) is 9.24. The van der Waals surface area contributed by atoms with Crippen molar-refractivity contribution >= 4 is 23.2 Å². The highest BCUT2D eigenvalue weighted by atomic mass is 32.1. The fourth-order valence-corrected chi connectivity index (χ4v) is 2.32. The van der Waals surface area contributed by atoms with Gasteiger partial charge < -0.3 is 10.6 Å². The molecule has 0 aliphatic carbocycles. The largest absolute Gasteiger partial charge is 0.348 e. The SMILES string of the molecule is CCCCCCCNC(=O)C(=O)NCc1cccs1. The molecule has 2 amide bonds. The van der Waals surface area contributed by atoms with E-state index in [-0.39, 0.29) is 0 Å². The van der Waals surface area contributed by atoms with Crippen LogP contribution in [0.3, 0.4) is 0 Å². The molecule has 0 saturated heterocycles. The summed E-state index contributed by atoms with van der Waals surface area (Å²) in [6.07, 6.45) is 5.67. The molecule has 1 rings (SSSR count). The molecule has 1 aromatic rings. The van der Waals surface area contributed by atoms with Crippen molar-refractivity contribution in [1.29, 1.82) is 0 Å². The molecule has 0 spiro atoms. The van der Waals surface area contributed by atoms with Crippen LogP contribution in [0.5, 0.6) is 0 Å². The molecule has 0 radical (unpaired) electrons. The zero-order valence-electron chi connectivity index (χ0n) is 11.4. The summed E-state index contributed by atoms with van der Waals surface area (Å²) in [5.74, 6) is -1.09. The summed E-state index contributed by atoms with van der Waals surface area (Å²) in [5, 5.41) is 7.19. The van der Waals surface area contributed by atoms with Crippen LogP contribution in [0.25, 0.3) is 0 Å². The number of amides is 2. The van der Waals surface area contributed by atoms with Gasteiger partial charge in [0.05, 0.1) is 6.54 Å². The third-order valence-electron chi connectivity index (χ3n) is 2.78. The first-order valence-electron chi connectivity index (χ1n) is 6.82. The van der Waals surface area contributed by atoms with Crippen molar-refractivity contribution in [3.8, 4) is 0 Å². The van der Waals surface area contributed by atoms with E-state index in [1.54, 1.807) is 11.3 Å². The molecule has 0 bridgehead atoms. The lowest BCUT2D eigenvalue weighted by Crippen LogP contribution is -2.39. The Morgan fingerprint density at radius 3 is 2.53 bits per heavy atom. The number of carbonyl (C=O) groups excluding carboxylic acids is 2. The normalized spacial score (nSPS) is 10.2. The summed E-state index contributed by atoms with van der Waals surface area (Å²) >= 11 is 1.56. The van der Waals surface area contributed by atoms with Crippen molar-refractivity contribution in [2.24, 2.45) is 0 Å². The predicted octanol–water partition coefficient (Wildman–Crippen LogP) is 2.45. The molecule has 0 aromatic carbocycles. The standard InChI is InChI=1S/C14H22N2O2S/c1-2-3-4-5-6-9-15-13(17)14(18)16-11-12-8-7-10-19-12/h7-8,10H,2-6,9,11H2,1H3,(H,15,17)(H,16,18). The van der Waals surface area contributed by atoms with Crippen molar-refractivity contribution < 1.29 is 9.59 Å². The van der Waals surface area contributed by atoms with Crippen LogP contribution in [0.4, 0.5) is 0 Å². The quantitative estimate of drug-likeness (QED) is 0.568. The van der Waals surface area contributed by atoms with Crippen molar-refractivity contribution in [3.05, 3.63) is 22.4 Å². The monoisotopic (exact) mass is 282 g/mol. The van der Waals surface area contributed by atoms with Gasteiger partial charge in [-0.15, -0.1) is 11.3 Å². The van der Waals surface area contributed by atoms with Crippen molar-refractivity contribution in [1.82, 2.24) is 10.6 Å². The van der Waals surface area contributed by atoms with Gasteiger partial charge in [-0.3, -0.25) is 9.59 Å². The lowest BCUT2D eigenvalue weighted by Gasteiger charge is -2.05. The average Bonchev–Trinajstić information content (AvgIpc) is 2.93. The van der Waals surface area contributed by atoms with E-state index in [4.69, 9.17) is 0 Å². The highest BCUT2D eigenvalue weighted by Crippen LogP contribution is 2.07. The van der Waals surface area contributed by atoms with Crippen LogP contribution in [0.1, 0.15) is 43.9 Å². The maximum atomic E-state index is 11.5. The minimum Gasteiger partial charge on any atom is -0.348 e. The molecular formula is C14H22N2O2S. The molecule has 1 heterocycles. The summed E-state index contributed by atoms with van der Waals surface area (Å²) in [6.45, 7) is 3.16. The van der Waals surface area contributed by atoms with E-state index in [9.17, 15) is 9.59 Å². The molecule has 0 fully saturated rings. The molecule has 0 unspecified atom stereocenters. The van der Waals surface area contributed by atoms with E-state index in [0.717, 1.165) is 17.7 Å². The smallest absolute Gasteiger partial charge is 0.309 e. The summed E-state index contributed by atoms with van der Waals surface area (Å²) < 4.78 is 0. The van der Waals surface area contributed by atoms with Crippen molar-refractivity contribution in [2.75, 3.05) is 6.54 Å². The lowest BCUT2D eigenvalue weighted by atomic mass is 10.1. The van der Waals surface area contributed by atoms with Gasteiger partial charge in [-0.2, -0.15) is 0 Å². The number of unbranched alkanes of at least 4 members (excludes halogenated alkanes) is 4. The highest BCUT2D eigenvalue weighted by Gasteiger charge is 2.11. The van der Waals surface area contributed by atoms with Crippen LogP contribution in [0.2, 0.25) is 0 Å². The summed E-state index contributed by atoms with van der Waals surface area (Å²) in [6, 6.07) is 3.85. The Bertz CT molecular complexity index is 377. The molecule has 0 atom stereocenters. The Balaban J connectivity index is 2.06. The Morgan fingerprint density at radius 2 is 1.84 bits per heavy atom. The molecule has 1 aromatic heterocycles. The Labute approximate surface area is 118 Å². The number of hydrogen-bond acceptors (Lipinski definition) is 3. The van der Waals surface area contributed by atoms with E-state index in [1.165, 1.54) is 19.3 Å². The van der Waals surface area contributed by atoms with Crippen LogP contribution >= 0.6 is 11.3 Å². The number of thiophene rings is 1. The third-order valence-corrected chi connectivity index (χ3v) is 3.65. The summed E-state index contributed by atoms with van der Waals surface area (Å²) in [4.78, 5) is 24.0. The van der Waals surface area contributed by atoms with E-state index in [0.29, 0.717) is 13.1 Å². The second-order valence-corrected chi connectivity index (χ2v) is 5.46. The second-order valence-electron chi connectivity index (χ2n) is 4.43. The molecule has 5 heteroatoms. The highest BCUT2D eigenvalue weighted by molar-refractivity contribution is 7.09. The van der Waals surface area contributed by atoms with Gasteiger partial charge in [0.1, 0.15) is 0 Å². The van der Waals surface area contributed by atoms with E-state index in [2.05, 4.69) is 17.6 Å². The molecule has 2 N–H and O–H groups in total. The Morgan fingerprint density at radius 1 is 1.11 bits per heavy atom. The van der Waals surface area contributed by atoms with Crippen LogP contribution in [-0.2, 0) is 16.1 Å². The first-order valence-corrected chi connectivity index (χ1v) is 7.70. The van der Waals surface area contributed by atoms with Crippen LogP contribution in [0, 0.1) is 0 Å². The fraction of sp³-hybridized carbons (Fsp3) is 0.571. The lowest BCUT2D eigenvalue weighted by molar-refractivity contribution is -0.139. The van der Waals surface area contributed by atoms with Crippen molar-refractivity contribution in [3.63, 3.8) is 0 Å². The molecule has 0 saturated carbocycles. The predicted molar refractivity (Wildman–Crippen MR) is 77.9 cm³/mol. The van der Waals surface area contributed by atoms with Gasteiger partial charge in [-0.05, 0) is 17.9 Å². The number of rotatable bonds is 8. The summed E-state index contributed by atoms with van der Waals surface area (Å²) in [5.41, 5.74) is 0. The second kappa shape index (κ2) is 9.55. The fourth-order valence-electron chi connectivity index (χ4n) is 1.67. The Kier molecular flexibility index (Phi) is 7.89. The molecular weight excluding hydrogens is 260 g/mol. The Hall–Kier alpha value is -1.36. The van der Waals surface area contributed by atoms with Gasteiger partial charge in [0.15, 0.2) is 0 Å². The molecule has 4 nitrogen and oxygen atoms in total. The van der Waals surface area contributed by atoms with Crippen LogP contribution < -0.4 is 10.6 Å². The number of carbonyl (C=O) groups is 2. The van der Waals surface area contributed by atoms with Gasteiger partial charge >= 0.3 is 11.8 Å². The zero-order valence-corrected chi connectivity index (χ0v) is 12.2. The number of nitrogens with one attached hydrogen (secondary N) is 2. The number of hydrogen-bond donors (Lipinski definition) is 2. The zero-order chi connectivity index (χ0) is 13.9. The van der Waals surface area contributed by atoms with Gasteiger partial charge in [0, 0.05) is 11.4 Å². The van der Waals surface area contributed by atoms with Gasteiger partial charge in [0.25, 0.3) is 0 Å². The van der Waals surface area contributed by atoms with Crippen LogP contribution in [-0.4, -0.2) is 18.4 Å². The maximum absolute atomic E-state index is 11.5. The van der Waals surface area contributed by atoms with Crippen LogP contribution in [0.15, 0.2) is 17.5 Å². The van der Waals surface area contributed by atoms with E-state index < -0.39 is 11.8 Å². The minimum atomic E-state index is -0.554. The van der Waals surface area contributed by atoms with E-state index >= 15 is 0 Å². The van der Waals surface area contributed by atoms with E-state index in [1.807, 2.05) is 17.5 Å². The van der Waals surface area contributed by atoms with Gasteiger partial charge in [-0.25, -0.2) is 0 Å². The molecule has 106 valence electrons. The third kappa shape index (κ3) is 6.96. The van der Waals surface area contributed by atoms with Crippen molar-refractivity contribution in [2.45, 2.75) is 45.6 Å². The summed E-state index contributed by atoms with van der Waals surface area (Å²) in [7, 11) is 0. The average molecular weight is 282 g/mol. The topological polar surface area (TPSA) is 58.2 Å². The molecule has 0 aliphatic rings. The minimum absolute atomic E-state index is 0.417. The maximum Gasteiger partial charge on any atom is 0.309 e. The molecule has 0 aliphatic heterocycles. The molecule has 19 heavy (non-hydrogen) atoms. The van der Waals surface area contributed by atoms with Gasteiger partial charge in [0.2, 0.25) is 0 Å². The van der Waals surface area contributed by atoms with Gasteiger partial charge in [-0.1, -0.05) is 38.7 Å².